The average molecular weight is 418 g/mol. The van der Waals surface area contributed by atoms with Gasteiger partial charge in [0.05, 0.1) is 17.4 Å². The van der Waals surface area contributed by atoms with Crippen molar-refractivity contribution in [2.24, 2.45) is 0 Å². The van der Waals surface area contributed by atoms with Crippen LogP contribution in [0.2, 0.25) is 0 Å². The van der Waals surface area contributed by atoms with E-state index in [9.17, 15) is 4.79 Å². The minimum absolute atomic E-state index is 0.119. The molecule has 1 N–H and O–H groups in total. The molecule has 0 bridgehead atoms. The van der Waals surface area contributed by atoms with Crippen LogP contribution in [-0.4, -0.2) is 33.4 Å². The summed E-state index contributed by atoms with van der Waals surface area (Å²) in [6, 6.07) is 22.6. The third-order valence-electron chi connectivity index (χ3n) is 6.81. The summed E-state index contributed by atoms with van der Waals surface area (Å²) < 4.78 is 0. The molecular weight excluding hydrogens is 394 g/mol. The number of aromatic amines is 1. The Morgan fingerprint density at radius 1 is 1.00 bits per heavy atom. The first-order valence-corrected chi connectivity index (χ1v) is 11.2. The van der Waals surface area contributed by atoms with Crippen LogP contribution in [0, 0.1) is 11.8 Å². The van der Waals surface area contributed by atoms with Gasteiger partial charge >= 0.3 is 0 Å². The molecule has 2 aliphatic rings. The van der Waals surface area contributed by atoms with Gasteiger partial charge in [-0.2, -0.15) is 0 Å². The Balaban J connectivity index is 1.28. The number of likely N-dealkylation sites (tertiary alicyclic amines) is 1. The Morgan fingerprint density at radius 3 is 2.78 bits per heavy atom. The fourth-order valence-corrected chi connectivity index (χ4v) is 5.25. The SMILES string of the molecule is O=C(c1ccc2nc[nH]c2c1)N1CCCC2c3cc(C#Cc4ccccc4)ccc3CC21. The van der Waals surface area contributed by atoms with Gasteiger partial charge in [-0.15, -0.1) is 0 Å². The number of imidazole rings is 1. The highest BCUT2D eigenvalue weighted by atomic mass is 16.2. The van der Waals surface area contributed by atoms with E-state index in [0.29, 0.717) is 5.92 Å². The summed E-state index contributed by atoms with van der Waals surface area (Å²) in [5, 5.41) is 0. The lowest BCUT2D eigenvalue weighted by atomic mass is 9.87. The van der Waals surface area contributed by atoms with Crippen molar-refractivity contribution in [3.63, 3.8) is 0 Å². The number of amides is 1. The fraction of sp³-hybridized carbons (Fsp3) is 0.214. The molecule has 1 aliphatic heterocycles. The number of carbonyl (C=O) groups is 1. The van der Waals surface area contributed by atoms with Crippen LogP contribution in [0.5, 0.6) is 0 Å². The monoisotopic (exact) mass is 417 g/mol. The summed E-state index contributed by atoms with van der Waals surface area (Å²) >= 11 is 0. The van der Waals surface area contributed by atoms with E-state index in [1.54, 1.807) is 6.33 Å². The molecule has 0 radical (unpaired) electrons. The van der Waals surface area contributed by atoms with E-state index in [1.807, 2.05) is 48.5 Å². The van der Waals surface area contributed by atoms with Crippen molar-refractivity contribution >= 4 is 16.9 Å². The van der Waals surface area contributed by atoms with Crippen molar-refractivity contribution < 1.29 is 4.79 Å². The van der Waals surface area contributed by atoms with Crippen LogP contribution in [0.4, 0.5) is 0 Å². The van der Waals surface area contributed by atoms with Gasteiger partial charge in [0.2, 0.25) is 0 Å². The zero-order valence-electron chi connectivity index (χ0n) is 17.7. The van der Waals surface area contributed by atoms with Crippen LogP contribution >= 0.6 is 0 Å². The maximum atomic E-state index is 13.5. The molecule has 2 heterocycles. The van der Waals surface area contributed by atoms with E-state index in [1.165, 1.54) is 11.1 Å². The van der Waals surface area contributed by atoms with Crippen LogP contribution in [0.3, 0.4) is 0 Å². The van der Waals surface area contributed by atoms with E-state index in [2.05, 4.69) is 44.9 Å². The standard InChI is InChI=1S/C28H23N3O/c32-28(22-12-13-25-26(16-22)30-18-29-25)31-14-4-7-23-24-15-20(10-11-21(24)17-27(23)31)9-8-19-5-2-1-3-6-19/h1-3,5-6,10-13,15-16,18,23,27H,4,7,14,17H2,(H,29,30). The van der Waals surface area contributed by atoms with Gasteiger partial charge in [0.25, 0.3) is 5.91 Å². The lowest BCUT2D eigenvalue weighted by molar-refractivity contribution is 0.0595. The van der Waals surface area contributed by atoms with Crippen molar-refractivity contribution in [2.45, 2.75) is 31.2 Å². The largest absolute Gasteiger partial charge is 0.345 e. The number of nitrogens with one attached hydrogen (secondary N) is 1. The van der Waals surface area contributed by atoms with E-state index in [4.69, 9.17) is 0 Å². The molecular formula is C28H23N3O. The van der Waals surface area contributed by atoms with E-state index in [-0.39, 0.29) is 11.9 Å². The van der Waals surface area contributed by atoms with Gasteiger partial charge in [-0.25, -0.2) is 4.98 Å². The second kappa shape index (κ2) is 7.69. The molecule has 1 saturated heterocycles. The van der Waals surface area contributed by atoms with Gasteiger partial charge in [-0.3, -0.25) is 4.79 Å². The van der Waals surface area contributed by atoms with Crippen LogP contribution in [0.1, 0.15) is 51.4 Å². The first kappa shape index (κ1) is 18.9. The highest BCUT2D eigenvalue weighted by Gasteiger charge is 2.41. The number of hydrogen-bond donors (Lipinski definition) is 1. The number of piperidine rings is 1. The Bertz CT molecular complexity index is 1380. The average Bonchev–Trinajstić information content (AvgIpc) is 3.46. The predicted octanol–water partition coefficient (Wildman–Crippen LogP) is 4.91. The molecule has 0 spiro atoms. The van der Waals surface area contributed by atoms with Crippen LogP contribution in [0.15, 0.2) is 73.1 Å². The van der Waals surface area contributed by atoms with Crippen molar-refractivity contribution in [1.29, 1.82) is 0 Å². The summed E-state index contributed by atoms with van der Waals surface area (Å²) in [6.45, 7) is 0.815. The zero-order valence-corrected chi connectivity index (χ0v) is 17.7. The lowest BCUT2D eigenvalue weighted by Gasteiger charge is -2.38. The van der Waals surface area contributed by atoms with Crippen LogP contribution in [0.25, 0.3) is 11.0 Å². The molecule has 2 unspecified atom stereocenters. The van der Waals surface area contributed by atoms with Gasteiger partial charge < -0.3 is 9.88 Å². The topological polar surface area (TPSA) is 49.0 Å². The van der Waals surface area contributed by atoms with Gasteiger partial charge in [0.15, 0.2) is 0 Å². The molecule has 4 nitrogen and oxygen atoms in total. The maximum absolute atomic E-state index is 13.5. The number of aromatic nitrogens is 2. The number of H-pyrrole nitrogens is 1. The summed E-state index contributed by atoms with van der Waals surface area (Å²) in [5.41, 5.74) is 7.31. The summed E-state index contributed by atoms with van der Waals surface area (Å²) in [5.74, 6) is 7.09. The Hall–Kier alpha value is -3.84. The minimum atomic E-state index is 0.119. The first-order chi connectivity index (χ1) is 15.8. The van der Waals surface area contributed by atoms with Gasteiger partial charge in [-0.1, -0.05) is 36.1 Å². The maximum Gasteiger partial charge on any atom is 0.254 e. The van der Waals surface area contributed by atoms with Crippen LogP contribution in [-0.2, 0) is 6.42 Å². The molecule has 4 aromatic rings. The molecule has 1 amide bonds. The van der Waals surface area contributed by atoms with Gasteiger partial charge in [0.1, 0.15) is 0 Å². The molecule has 0 saturated carbocycles. The Morgan fingerprint density at radius 2 is 1.88 bits per heavy atom. The molecule has 6 rings (SSSR count). The van der Waals surface area contributed by atoms with Crippen molar-refractivity contribution in [1.82, 2.24) is 14.9 Å². The number of carbonyl (C=O) groups excluding carboxylic acids is 1. The number of benzene rings is 3. The second-order valence-electron chi connectivity index (χ2n) is 8.68. The fourth-order valence-electron chi connectivity index (χ4n) is 5.25. The molecule has 1 aliphatic carbocycles. The first-order valence-electron chi connectivity index (χ1n) is 11.2. The van der Waals surface area contributed by atoms with E-state index < -0.39 is 0 Å². The molecule has 156 valence electrons. The quantitative estimate of drug-likeness (QED) is 0.448. The third kappa shape index (κ3) is 3.27. The van der Waals surface area contributed by atoms with E-state index in [0.717, 1.165) is 53.5 Å². The van der Waals surface area contributed by atoms with Crippen molar-refractivity contribution in [3.05, 3.63) is 101 Å². The summed E-state index contributed by atoms with van der Waals surface area (Å²) in [6.07, 6.45) is 4.74. The molecule has 2 atom stereocenters. The third-order valence-corrected chi connectivity index (χ3v) is 6.81. The molecule has 3 aromatic carbocycles. The molecule has 32 heavy (non-hydrogen) atoms. The summed E-state index contributed by atoms with van der Waals surface area (Å²) in [7, 11) is 0. The smallest absolute Gasteiger partial charge is 0.254 e. The van der Waals surface area contributed by atoms with Crippen molar-refractivity contribution in [2.75, 3.05) is 6.54 Å². The van der Waals surface area contributed by atoms with Gasteiger partial charge in [0, 0.05) is 35.2 Å². The number of nitrogens with zero attached hydrogens (tertiary/aromatic N) is 2. The molecule has 4 heteroatoms. The number of hydrogen-bond acceptors (Lipinski definition) is 2. The lowest BCUT2D eigenvalue weighted by Crippen LogP contribution is -2.46. The van der Waals surface area contributed by atoms with Crippen molar-refractivity contribution in [3.8, 4) is 11.8 Å². The second-order valence-corrected chi connectivity index (χ2v) is 8.68. The predicted molar refractivity (Wildman–Crippen MR) is 125 cm³/mol. The Labute approximate surface area is 187 Å². The zero-order chi connectivity index (χ0) is 21.5. The van der Waals surface area contributed by atoms with Crippen LogP contribution < -0.4 is 0 Å². The highest BCUT2D eigenvalue weighted by Crippen LogP contribution is 2.43. The summed E-state index contributed by atoms with van der Waals surface area (Å²) in [4.78, 5) is 22.9. The normalized spacial score (nSPS) is 19.2. The molecule has 1 aromatic heterocycles. The van der Waals surface area contributed by atoms with Gasteiger partial charge in [-0.05, 0) is 72.9 Å². The number of rotatable bonds is 1. The number of fused-ring (bicyclic) bond motifs is 4. The van der Waals surface area contributed by atoms with E-state index >= 15 is 0 Å². The molecule has 1 fully saturated rings. The highest BCUT2D eigenvalue weighted by molar-refractivity contribution is 5.97. The Kier molecular flexibility index (Phi) is 4.54. The minimum Gasteiger partial charge on any atom is -0.345 e.